The Morgan fingerprint density at radius 2 is 1.81 bits per heavy atom. The van der Waals surface area contributed by atoms with Gasteiger partial charge in [0.25, 0.3) is 6.43 Å². The molecule has 0 amide bonds. The standard InChI is InChI=1S/C21H22F2N4/c22-19(23)21-25-18-11-5-4-10-17(18)20(26-21)24-16-9-6-12-27(14-16)13-15-7-2-1-3-8-15/h1-5,7-8,10-11,16,19H,6,9,12-14H2,(H,24,25,26). The van der Waals surface area contributed by atoms with Gasteiger partial charge in [-0.1, -0.05) is 42.5 Å². The first kappa shape index (κ1) is 17.8. The average Bonchev–Trinajstić information content (AvgIpc) is 2.69. The largest absolute Gasteiger partial charge is 0.365 e. The van der Waals surface area contributed by atoms with Crippen molar-refractivity contribution in [3.63, 3.8) is 0 Å². The molecule has 0 radical (unpaired) electrons. The zero-order valence-corrected chi connectivity index (χ0v) is 15.0. The lowest BCUT2D eigenvalue weighted by Gasteiger charge is -2.33. The second-order valence-corrected chi connectivity index (χ2v) is 6.95. The molecule has 2 heterocycles. The minimum Gasteiger partial charge on any atom is -0.365 e. The number of para-hydroxylation sites is 1. The second kappa shape index (κ2) is 7.96. The highest BCUT2D eigenvalue weighted by Crippen LogP contribution is 2.26. The van der Waals surface area contributed by atoms with Crippen LogP contribution in [0.3, 0.4) is 0 Å². The molecule has 6 heteroatoms. The lowest BCUT2D eigenvalue weighted by molar-refractivity contribution is 0.141. The molecule has 1 fully saturated rings. The molecule has 3 aromatic rings. The van der Waals surface area contributed by atoms with E-state index >= 15 is 0 Å². The van der Waals surface area contributed by atoms with E-state index in [2.05, 4.69) is 32.3 Å². The molecule has 2 aromatic carbocycles. The number of aromatic nitrogens is 2. The van der Waals surface area contributed by atoms with Gasteiger partial charge in [-0.2, -0.15) is 0 Å². The molecule has 1 atom stereocenters. The van der Waals surface area contributed by atoms with Gasteiger partial charge in [0.05, 0.1) is 5.52 Å². The second-order valence-electron chi connectivity index (χ2n) is 6.95. The Hall–Kier alpha value is -2.60. The number of halogens is 2. The topological polar surface area (TPSA) is 41.1 Å². The zero-order valence-electron chi connectivity index (χ0n) is 15.0. The lowest BCUT2D eigenvalue weighted by atomic mass is 10.0. The molecule has 0 aliphatic carbocycles. The van der Waals surface area contributed by atoms with Crippen LogP contribution in [-0.4, -0.2) is 34.0 Å². The normalized spacial score (nSPS) is 18.1. The summed E-state index contributed by atoms with van der Waals surface area (Å²) in [5.74, 6) is 0.0793. The summed E-state index contributed by atoms with van der Waals surface area (Å²) in [5, 5.41) is 4.19. The fourth-order valence-electron chi connectivity index (χ4n) is 3.65. The van der Waals surface area contributed by atoms with E-state index in [0.29, 0.717) is 11.3 Å². The van der Waals surface area contributed by atoms with Crippen LogP contribution in [0.1, 0.15) is 30.7 Å². The van der Waals surface area contributed by atoms with Gasteiger partial charge >= 0.3 is 0 Å². The van der Waals surface area contributed by atoms with Crippen molar-refractivity contribution in [1.82, 2.24) is 14.9 Å². The molecule has 0 bridgehead atoms. The van der Waals surface area contributed by atoms with E-state index in [1.165, 1.54) is 5.56 Å². The third-order valence-electron chi connectivity index (χ3n) is 4.91. The van der Waals surface area contributed by atoms with Crippen molar-refractivity contribution in [2.24, 2.45) is 0 Å². The number of likely N-dealkylation sites (tertiary alicyclic amines) is 1. The predicted octanol–water partition coefficient (Wildman–Crippen LogP) is 4.64. The van der Waals surface area contributed by atoms with Gasteiger partial charge in [0.15, 0.2) is 5.82 Å². The summed E-state index contributed by atoms with van der Waals surface area (Å²) in [6, 6.07) is 17.8. The van der Waals surface area contributed by atoms with Crippen molar-refractivity contribution >= 4 is 16.7 Å². The Bertz CT molecular complexity index is 901. The van der Waals surface area contributed by atoms with E-state index in [4.69, 9.17) is 0 Å². The molecule has 4 nitrogen and oxygen atoms in total. The SMILES string of the molecule is FC(F)c1nc(NC2CCCN(Cc3ccccc3)C2)c2ccccc2n1. The summed E-state index contributed by atoms with van der Waals surface area (Å²) in [7, 11) is 0. The van der Waals surface area contributed by atoms with Crippen molar-refractivity contribution in [1.29, 1.82) is 0 Å². The van der Waals surface area contributed by atoms with Gasteiger partial charge in [0.1, 0.15) is 5.82 Å². The molecule has 4 rings (SSSR count). The minimum absolute atomic E-state index is 0.172. The Kier molecular flexibility index (Phi) is 5.25. The third-order valence-corrected chi connectivity index (χ3v) is 4.91. The van der Waals surface area contributed by atoms with Crippen molar-refractivity contribution < 1.29 is 8.78 Å². The highest BCUT2D eigenvalue weighted by atomic mass is 19.3. The summed E-state index contributed by atoms with van der Waals surface area (Å²) in [6.07, 6.45) is -0.626. The number of nitrogens with zero attached hydrogens (tertiary/aromatic N) is 3. The van der Waals surface area contributed by atoms with Crippen LogP contribution >= 0.6 is 0 Å². The summed E-state index contributed by atoms with van der Waals surface area (Å²) in [4.78, 5) is 10.5. The van der Waals surface area contributed by atoms with E-state index < -0.39 is 12.2 Å². The molecular weight excluding hydrogens is 346 g/mol. The van der Waals surface area contributed by atoms with E-state index in [9.17, 15) is 8.78 Å². The molecule has 1 saturated heterocycles. The minimum atomic E-state index is -2.68. The zero-order chi connectivity index (χ0) is 18.6. The first-order chi connectivity index (χ1) is 13.2. The fourth-order valence-corrected chi connectivity index (χ4v) is 3.65. The first-order valence-corrected chi connectivity index (χ1v) is 9.26. The number of anilines is 1. The quantitative estimate of drug-likeness (QED) is 0.712. The lowest BCUT2D eigenvalue weighted by Crippen LogP contribution is -2.41. The van der Waals surface area contributed by atoms with Gasteiger partial charge < -0.3 is 5.32 Å². The maximum Gasteiger partial charge on any atom is 0.297 e. The summed E-state index contributed by atoms with van der Waals surface area (Å²) in [5.41, 5.74) is 1.83. The Morgan fingerprint density at radius 3 is 2.63 bits per heavy atom. The molecule has 27 heavy (non-hydrogen) atoms. The highest BCUT2D eigenvalue weighted by Gasteiger charge is 2.22. The predicted molar refractivity (Wildman–Crippen MR) is 103 cm³/mol. The molecule has 1 aliphatic rings. The molecule has 1 aromatic heterocycles. The molecular formula is C21H22F2N4. The van der Waals surface area contributed by atoms with E-state index in [1.807, 2.05) is 30.3 Å². The molecule has 0 saturated carbocycles. The number of alkyl halides is 2. The number of fused-ring (bicyclic) bond motifs is 1. The van der Waals surface area contributed by atoms with Crippen molar-refractivity contribution in [2.75, 3.05) is 18.4 Å². The van der Waals surface area contributed by atoms with E-state index in [0.717, 1.165) is 37.9 Å². The van der Waals surface area contributed by atoms with Crippen LogP contribution in [0.25, 0.3) is 10.9 Å². The van der Waals surface area contributed by atoms with Gasteiger partial charge in [0.2, 0.25) is 0 Å². The summed E-state index contributed by atoms with van der Waals surface area (Å²) in [6.45, 7) is 2.79. The van der Waals surface area contributed by atoms with Crippen LogP contribution in [0.2, 0.25) is 0 Å². The number of nitrogens with one attached hydrogen (secondary N) is 1. The van der Waals surface area contributed by atoms with Crippen LogP contribution in [0, 0.1) is 0 Å². The highest BCUT2D eigenvalue weighted by molar-refractivity contribution is 5.89. The maximum atomic E-state index is 13.2. The smallest absolute Gasteiger partial charge is 0.297 e. The van der Waals surface area contributed by atoms with Crippen LogP contribution in [0.15, 0.2) is 54.6 Å². The number of benzene rings is 2. The van der Waals surface area contributed by atoms with Gasteiger partial charge in [0, 0.05) is 24.5 Å². The van der Waals surface area contributed by atoms with Crippen LogP contribution in [0.5, 0.6) is 0 Å². The monoisotopic (exact) mass is 368 g/mol. The van der Waals surface area contributed by atoms with Crippen molar-refractivity contribution in [3.05, 3.63) is 66.0 Å². The Labute approximate surface area is 157 Å². The van der Waals surface area contributed by atoms with Gasteiger partial charge in [-0.25, -0.2) is 18.7 Å². The number of piperidine rings is 1. The fraction of sp³-hybridized carbons (Fsp3) is 0.333. The van der Waals surface area contributed by atoms with Gasteiger partial charge in [-0.3, -0.25) is 4.90 Å². The van der Waals surface area contributed by atoms with Gasteiger partial charge in [-0.15, -0.1) is 0 Å². The first-order valence-electron chi connectivity index (χ1n) is 9.26. The Balaban J connectivity index is 1.53. The summed E-state index contributed by atoms with van der Waals surface area (Å²) >= 11 is 0. The number of hydrogen-bond acceptors (Lipinski definition) is 4. The molecule has 1 unspecified atom stereocenters. The van der Waals surface area contributed by atoms with Gasteiger partial charge in [-0.05, 0) is 37.1 Å². The summed E-state index contributed by atoms with van der Waals surface area (Å²) < 4.78 is 26.4. The number of rotatable bonds is 5. The van der Waals surface area contributed by atoms with Crippen LogP contribution in [-0.2, 0) is 6.54 Å². The van der Waals surface area contributed by atoms with Crippen molar-refractivity contribution in [3.8, 4) is 0 Å². The number of hydrogen-bond donors (Lipinski definition) is 1. The maximum absolute atomic E-state index is 13.2. The van der Waals surface area contributed by atoms with E-state index in [-0.39, 0.29) is 6.04 Å². The third kappa shape index (κ3) is 4.22. The molecule has 140 valence electrons. The van der Waals surface area contributed by atoms with E-state index in [1.54, 1.807) is 12.1 Å². The molecule has 1 aliphatic heterocycles. The van der Waals surface area contributed by atoms with Crippen molar-refractivity contribution in [2.45, 2.75) is 31.9 Å². The molecule has 1 N–H and O–H groups in total. The molecule has 0 spiro atoms. The van der Waals surface area contributed by atoms with Crippen LogP contribution < -0.4 is 5.32 Å². The van der Waals surface area contributed by atoms with Crippen LogP contribution in [0.4, 0.5) is 14.6 Å². The average molecular weight is 368 g/mol. The Morgan fingerprint density at radius 1 is 1.04 bits per heavy atom.